The van der Waals surface area contributed by atoms with Gasteiger partial charge in [0, 0.05) is 32.0 Å². The second-order valence-corrected chi connectivity index (χ2v) is 6.90. The maximum Gasteiger partial charge on any atom is 0.252 e. The third-order valence-electron chi connectivity index (χ3n) is 4.82. The van der Waals surface area contributed by atoms with Gasteiger partial charge < -0.3 is 20.3 Å². The first-order valence-corrected chi connectivity index (χ1v) is 10.1. The molecule has 7 heteroatoms. The van der Waals surface area contributed by atoms with Gasteiger partial charge in [-0.3, -0.25) is 14.8 Å². The summed E-state index contributed by atoms with van der Waals surface area (Å²) in [5.74, 6) is 0.717. The van der Waals surface area contributed by atoms with Crippen LogP contribution in [0.5, 0.6) is 0 Å². The predicted molar refractivity (Wildman–Crippen MR) is 114 cm³/mol. The number of morpholine rings is 1. The van der Waals surface area contributed by atoms with Gasteiger partial charge in [0.05, 0.1) is 25.3 Å². The molecular weight excluding hydrogens is 366 g/mol. The lowest BCUT2D eigenvalue weighted by Gasteiger charge is -2.35. The number of aromatic nitrogens is 1. The maximum absolute atomic E-state index is 12.1. The number of hydrogen-bond donors (Lipinski definition) is 2. The Morgan fingerprint density at radius 1 is 1.28 bits per heavy atom. The Balaban J connectivity index is 1.58. The van der Waals surface area contributed by atoms with Gasteiger partial charge in [0.2, 0.25) is 0 Å². The number of benzene rings is 1. The molecule has 0 saturated carbocycles. The summed E-state index contributed by atoms with van der Waals surface area (Å²) in [4.78, 5) is 23.0. The number of ether oxygens (including phenoxy) is 1. The molecular formula is C22H29N5O2. The SMILES string of the molecule is CCNC(=NCCNC(=O)c1cccnc1)N1CCOC(c2ccccc2C)C1. The summed E-state index contributed by atoms with van der Waals surface area (Å²) < 4.78 is 6.02. The van der Waals surface area contributed by atoms with Crippen LogP contribution >= 0.6 is 0 Å². The molecule has 3 rings (SSSR count). The predicted octanol–water partition coefficient (Wildman–Crippen LogP) is 2.16. The summed E-state index contributed by atoms with van der Waals surface area (Å²) >= 11 is 0. The first kappa shape index (κ1) is 20.8. The van der Waals surface area contributed by atoms with E-state index >= 15 is 0 Å². The molecule has 1 aliphatic heterocycles. The van der Waals surface area contributed by atoms with Crippen LogP contribution in [0.4, 0.5) is 0 Å². The minimum atomic E-state index is -0.135. The van der Waals surface area contributed by atoms with Crippen LogP contribution in [-0.4, -0.2) is 61.1 Å². The fraction of sp³-hybridized carbons (Fsp3) is 0.409. The standard InChI is InChI=1S/C22H29N5O2/c1-3-24-22(26-12-11-25-21(28)18-8-6-10-23-15-18)27-13-14-29-20(16-27)19-9-5-4-7-17(19)2/h4-10,15,20H,3,11-14,16H2,1-2H3,(H,24,26)(H,25,28). The highest BCUT2D eigenvalue weighted by Crippen LogP contribution is 2.24. The molecule has 1 saturated heterocycles. The average Bonchev–Trinajstić information content (AvgIpc) is 2.77. The van der Waals surface area contributed by atoms with Gasteiger partial charge in [-0.2, -0.15) is 0 Å². The zero-order valence-electron chi connectivity index (χ0n) is 17.1. The quantitative estimate of drug-likeness (QED) is 0.445. The smallest absolute Gasteiger partial charge is 0.252 e. The van der Waals surface area contributed by atoms with Crippen LogP contribution in [-0.2, 0) is 4.74 Å². The first-order valence-electron chi connectivity index (χ1n) is 10.1. The number of rotatable bonds is 6. The van der Waals surface area contributed by atoms with Crippen molar-refractivity contribution in [3.8, 4) is 0 Å². The van der Waals surface area contributed by atoms with Crippen molar-refractivity contribution >= 4 is 11.9 Å². The van der Waals surface area contributed by atoms with Gasteiger partial charge in [-0.15, -0.1) is 0 Å². The Morgan fingerprint density at radius 3 is 2.90 bits per heavy atom. The van der Waals surface area contributed by atoms with Crippen molar-refractivity contribution in [2.24, 2.45) is 4.99 Å². The van der Waals surface area contributed by atoms with Crippen molar-refractivity contribution in [1.29, 1.82) is 0 Å². The third-order valence-corrected chi connectivity index (χ3v) is 4.82. The normalized spacial score (nSPS) is 17.1. The highest BCUT2D eigenvalue weighted by molar-refractivity contribution is 5.93. The molecule has 1 aromatic heterocycles. The highest BCUT2D eigenvalue weighted by atomic mass is 16.5. The number of aryl methyl sites for hydroxylation is 1. The molecule has 1 amide bonds. The average molecular weight is 396 g/mol. The first-order chi connectivity index (χ1) is 14.2. The molecule has 1 unspecified atom stereocenters. The van der Waals surface area contributed by atoms with E-state index in [4.69, 9.17) is 9.73 Å². The van der Waals surface area contributed by atoms with E-state index in [1.54, 1.807) is 24.5 Å². The summed E-state index contributed by atoms with van der Waals surface area (Å²) in [7, 11) is 0. The Labute approximate surface area is 172 Å². The van der Waals surface area contributed by atoms with Crippen molar-refractivity contribution in [2.45, 2.75) is 20.0 Å². The second kappa shape index (κ2) is 10.6. The maximum atomic E-state index is 12.1. The fourth-order valence-corrected chi connectivity index (χ4v) is 3.33. The van der Waals surface area contributed by atoms with Crippen LogP contribution < -0.4 is 10.6 Å². The van der Waals surface area contributed by atoms with Crippen molar-refractivity contribution < 1.29 is 9.53 Å². The Bertz CT molecular complexity index is 825. The van der Waals surface area contributed by atoms with E-state index in [2.05, 4.69) is 52.6 Å². The van der Waals surface area contributed by atoms with Crippen molar-refractivity contribution in [3.63, 3.8) is 0 Å². The number of nitrogens with zero attached hydrogens (tertiary/aromatic N) is 3. The van der Waals surface area contributed by atoms with Gasteiger partial charge in [-0.05, 0) is 37.1 Å². The minimum absolute atomic E-state index is 0.0269. The van der Waals surface area contributed by atoms with Crippen LogP contribution in [0.15, 0.2) is 53.8 Å². The largest absolute Gasteiger partial charge is 0.370 e. The summed E-state index contributed by atoms with van der Waals surface area (Å²) in [6, 6.07) is 11.8. The number of nitrogens with one attached hydrogen (secondary N) is 2. The summed E-state index contributed by atoms with van der Waals surface area (Å²) in [6.45, 7) is 8.11. The molecule has 1 atom stereocenters. The Kier molecular flexibility index (Phi) is 7.58. The molecule has 1 aliphatic rings. The fourth-order valence-electron chi connectivity index (χ4n) is 3.33. The zero-order chi connectivity index (χ0) is 20.5. The van der Waals surface area contributed by atoms with E-state index in [9.17, 15) is 4.79 Å². The van der Waals surface area contributed by atoms with Crippen molar-refractivity contribution in [1.82, 2.24) is 20.5 Å². The molecule has 29 heavy (non-hydrogen) atoms. The highest BCUT2D eigenvalue weighted by Gasteiger charge is 2.25. The molecule has 0 radical (unpaired) electrons. The van der Waals surface area contributed by atoms with Gasteiger partial charge in [0.15, 0.2) is 5.96 Å². The number of carbonyl (C=O) groups excluding carboxylic acids is 1. The second-order valence-electron chi connectivity index (χ2n) is 6.90. The number of carbonyl (C=O) groups is 1. The Morgan fingerprint density at radius 2 is 2.14 bits per heavy atom. The molecule has 0 spiro atoms. The molecule has 7 nitrogen and oxygen atoms in total. The van der Waals surface area contributed by atoms with E-state index in [1.807, 2.05) is 6.07 Å². The van der Waals surface area contributed by atoms with Gasteiger partial charge in [-0.25, -0.2) is 0 Å². The van der Waals surface area contributed by atoms with Crippen LogP contribution in [0.2, 0.25) is 0 Å². The van der Waals surface area contributed by atoms with Crippen LogP contribution in [0.1, 0.15) is 34.5 Å². The molecule has 154 valence electrons. The number of aliphatic imine (C=N–C) groups is 1. The van der Waals surface area contributed by atoms with Gasteiger partial charge in [0.25, 0.3) is 5.91 Å². The number of amides is 1. The van der Waals surface area contributed by atoms with Gasteiger partial charge in [-0.1, -0.05) is 24.3 Å². The summed E-state index contributed by atoms with van der Waals surface area (Å²) in [6.07, 6.45) is 3.23. The molecule has 0 bridgehead atoms. The molecule has 0 aliphatic carbocycles. The van der Waals surface area contributed by atoms with E-state index in [1.165, 1.54) is 11.1 Å². The molecule has 1 fully saturated rings. The van der Waals surface area contributed by atoms with Crippen molar-refractivity contribution in [2.75, 3.05) is 39.3 Å². The monoisotopic (exact) mass is 395 g/mol. The van der Waals surface area contributed by atoms with Gasteiger partial charge >= 0.3 is 0 Å². The summed E-state index contributed by atoms with van der Waals surface area (Å²) in [5, 5.41) is 6.24. The van der Waals surface area contributed by atoms with E-state index in [0.717, 1.165) is 25.6 Å². The van der Waals surface area contributed by atoms with Crippen LogP contribution in [0.25, 0.3) is 0 Å². The number of guanidine groups is 1. The minimum Gasteiger partial charge on any atom is -0.370 e. The third kappa shape index (κ3) is 5.77. The molecule has 2 heterocycles. The lowest BCUT2D eigenvalue weighted by Crippen LogP contribution is -2.48. The van der Waals surface area contributed by atoms with E-state index in [0.29, 0.717) is 25.3 Å². The molecule has 1 aromatic carbocycles. The van der Waals surface area contributed by atoms with Crippen molar-refractivity contribution in [3.05, 3.63) is 65.5 Å². The van der Waals surface area contributed by atoms with E-state index in [-0.39, 0.29) is 12.0 Å². The van der Waals surface area contributed by atoms with Crippen LogP contribution in [0.3, 0.4) is 0 Å². The summed E-state index contributed by atoms with van der Waals surface area (Å²) in [5.41, 5.74) is 3.01. The molecule has 2 N–H and O–H groups in total. The zero-order valence-corrected chi connectivity index (χ0v) is 17.1. The topological polar surface area (TPSA) is 78.8 Å². The van der Waals surface area contributed by atoms with E-state index < -0.39 is 0 Å². The number of pyridine rings is 1. The lowest BCUT2D eigenvalue weighted by molar-refractivity contribution is -0.00832. The lowest BCUT2D eigenvalue weighted by atomic mass is 10.0. The Hall–Kier alpha value is -2.93. The molecule has 2 aromatic rings. The van der Waals surface area contributed by atoms with Crippen LogP contribution in [0, 0.1) is 6.92 Å². The number of hydrogen-bond acceptors (Lipinski definition) is 4. The van der Waals surface area contributed by atoms with Gasteiger partial charge in [0.1, 0.15) is 6.10 Å².